The molecule has 0 amide bonds. The van der Waals surface area contributed by atoms with Crippen LogP contribution in [-0.2, 0) is 16.6 Å². The number of aryl methyl sites for hydroxylation is 2. The molecule has 3 heterocycles. The minimum atomic E-state index is -4.24. The molecule has 52 heavy (non-hydrogen) atoms. The highest BCUT2D eigenvalue weighted by atomic mass is 35.5. The predicted molar refractivity (Wildman–Crippen MR) is 199 cm³/mol. The SMILES string of the molecule is Cc1cccc(C)c1-c1cc(OCC(CC2CC(C)(C)C2)NCc2cnc3oc(C4CC4)cc3n2)nc(NS(=O)(=O)c2cccc(C(=O)O)c2)n1.Cl. The number of carboxylic acid groups (broad SMARTS) is 1. The topological polar surface area (TPSA) is 169 Å². The lowest BCUT2D eigenvalue weighted by molar-refractivity contribution is 0.0696. The van der Waals surface area contributed by atoms with Crippen LogP contribution in [-0.4, -0.2) is 52.1 Å². The molecule has 2 aromatic carbocycles. The maximum atomic E-state index is 13.4. The summed E-state index contributed by atoms with van der Waals surface area (Å²) in [5, 5.41) is 13.0. The molecule has 0 spiro atoms. The molecule has 2 saturated carbocycles. The maximum absolute atomic E-state index is 13.4. The Bertz CT molecular complexity index is 2190. The second kappa shape index (κ2) is 14.8. The van der Waals surface area contributed by atoms with Gasteiger partial charge in [0.15, 0.2) is 0 Å². The molecule has 5 aromatic rings. The summed E-state index contributed by atoms with van der Waals surface area (Å²) in [5.74, 6) is 0.741. The largest absolute Gasteiger partial charge is 0.478 e. The van der Waals surface area contributed by atoms with Gasteiger partial charge in [-0.2, -0.15) is 4.98 Å². The second-order valence-corrected chi connectivity index (χ2v) is 16.3. The number of aromatic carboxylic acids is 1. The van der Waals surface area contributed by atoms with Crippen LogP contribution in [0.25, 0.3) is 22.5 Å². The summed E-state index contributed by atoms with van der Waals surface area (Å²) < 4.78 is 41.6. The number of benzene rings is 2. The summed E-state index contributed by atoms with van der Waals surface area (Å²) in [6.07, 6.45) is 7.14. The molecule has 0 bridgehead atoms. The Hall–Kier alpha value is -4.59. The fourth-order valence-corrected chi connectivity index (χ4v) is 8.11. The Balaban J connectivity index is 0.00000464. The van der Waals surface area contributed by atoms with Crippen molar-refractivity contribution in [3.63, 3.8) is 0 Å². The number of nitrogens with one attached hydrogen (secondary N) is 2. The number of anilines is 1. The van der Waals surface area contributed by atoms with Crippen molar-refractivity contribution >= 4 is 45.6 Å². The van der Waals surface area contributed by atoms with Crippen LogP contribution in [0.5, 0.6) is 5.88 Å². The first kappa shape index (κ1) is 37.2. The molecule has 2 fully saturated rings. The van der Waals surface area contributed by atoms with E-state index in [2.05, 4.69) is 38.8 Å². The standard InChI is InChI=1S/C38H42N6O6S.ClH/c1-22-7-5-8-23(2)34(22)30-16-33(43-37(42-30)44-51(47,48)29-10-6-9-26(14-29)36(45)46)49-21-27(13-24-17-38(3,4)18-24)39-19-28-20-40-35-31(41-28)15-32(50-35)25-11-12-25;/h5-10,14-16,20,24-25,27,39H,11-13,17-19,21H2,1-4H3,(H,45,46)(H,42,43,44);1H. The van der Waals surface area contributed by atoms with Crippen molar-refractivity contribution in [3.8, 4) is 17.1 Å². The average Bonchev–Trinajstić information content (AvgIpc) is 3.83. The molecule has 14 heteroatoms. The van der Waals surface area contributed by atoms with Crippen molar-refractivity contribution in [1.29, 1.82) is 0 Å². The second-order valence-electron chi connectivity index (χ2n) is 14.7. The van der Waals surface area contributed by atoms with Crippen molar-refractivity contribution < 1.29 is 27.5 Å². The van der Waals surface area contributed by atoms with Crippen molar-refractivity contribution in [2.24, 2.45) is 11.3 Å². The molecule has 1 atom stereocenters. The molecule has 12 nitrogen and oxygen atoms in total. The van der Waals surface area contributed by atoms with Crippen LogP contribution in [0.15, 0.2) is 70.1 Å². The smallest absolute Gasteiger partial charge is 0.335 e. The Labute approximate surface area is 309 Å². The van der Waals surface area contributed by atoms with Crippen molar-refractivity contribution in [2.75, 3.05) is 11.3 Å². The van der Waals surface area contributed by atoms with Gasteiger partial charge in [0.1, 0.15) is 17.9 Å². The van der Waals surface area contributed by atoms with Crippen LogP contribution < -0.4 is 14.8 Å². The van der Waals surface area contributed by atoms with Crippen LogP contribution in [0, 0.1) is 25.2 Å². The third-order valence-corrected chi connectivity index (χ3v) is 11.0. The number of halogens is 1. The van der Waals surface area contributed by atoms with Gasteiger partial charge in [-0.25, -0.2) is 32.9 Å². The summed E-state index contributed by atoms with van der Waals surface area (Å²) >= 11 is 0. The fraction of sp³-hybridized carbons (Fsp3) is 0.395. The summed E-state index contributed by atoms with van der Waals surface area (Å²) in [7, 11) is -4.24. The number of hydrogen-bond acceptors (Lipinski definition) is 10. The first-order valence-corrected chi connectivity index (χ1v) is 18.7. The van der Waals surface area contributed by atoms with Gasteiger partial charge in [-0.05, 0) is 86.6 Å². The number of aromatic nitrogens is 4. The zero-order valence-electron chi connectivity index (χ0n) is 29.5. The fourth-order valence-electron chi connectivity index (χ4n) is 7.12. The normalized spacial score (nSPS) is 16.2. The Kier molecular flexibility index (Phi) is 10.6. The molecule has 2 aliphatic rings. The Morgan fingerprint density at radius 2 is 1.77 bits per heavy atom. The molecular formula is C38H43ClN6O6S. The van der Waals surface area contributed by atoms with Crippen LogP contribution in [0.1, 0.15) is 84.8 Å². The van der Waals surface area contributed by atoms with E-state index in [0.717, 1.165) is 71.8 Å². The van der Waals surface area contributed by atoms with Crippen molar-refractivity contribution in [2.45, 2.75) is 83.2 Å². The van der Waals surface area contributed by atoms with Crippen molar-refractivity contribution in [1.82, 2.24) is 25.3 Å². The Morgan fingerprint density at radius 3 is 2.46 bits per heavy atom. The van der Waals surface area contributed by atoms with Crippen LogP contribution in [0.3, 0.4) is 0 Å². The number of carboxylic acids is 1. The van der Waals surface area contributed by atoms with Gasteiger partial charge in [-0.3, -0.25) is 0 Å². The monoisotopic (exact) mass is 746 g/mol. The number of hydrogen-bond donors (Lipinski definition) is 3. The van der Waals surface area contributed by atoms with Crippen LogP contribution in [0.2, 0.25) is 0 Å². The minimum Gasteiger partial charge on any atom is -0.478 e. The highest BCUT2D eigenvalue weighted by Gasteiger charge is 2.37. The minimum absolute atomic E-state index is 0. The van der Waals surface area contributed by atoms with Gasteiger partial charge in [0.2, 0.25) is 17.5 Å². The predicted octanol–water partition coefficient (Wildman–Crippen LogP) is 7.46. The number of nitrogens with zero attached hydrogens (tertiary/aromatic N) is 4. The maximum Gasteiger partial charge on any atom is 0.335 e. The van der Waals surface area contributed by atoms with E-state index in [1.54, 1.807) is 12.3 Å². The number of rotatable bonds is 14. The summed E-state index contributed by atoms with van der Waals surface area (Å²) in [6, 6.07) is 14.6. The highest BCUT2D eigenvalue weighted by molar-refractivity contribution is 7.92. The lowest BCUT2D eigenvalue weighted by Crippen LogP contribution is -2.41. The Morgan fingerprint density at radius 1 is 1.04 bits per heavy atom. The highest BCUT2D eigenvalue weighted by Crippen LogP contribution is 2.47. The molecule has 3 aromatic heterocycles. The van der Waals surface area contributed by atoms with Gasteiger partial charge in [0.05, 0.1) is 28.0 Å². The zero-order valence-corrected chi connectivity index (χ0v) is 31.2. The van der Waals surface area contributed by atoms with E-state index in [-0.39, 0.29) is 47.3 Å². The van der Waals surface area contributed by atoms with Crippen molar-refractivity contribution in [3.05, 3.63) is 88.9 Å². The molecule has 1 unspecified atom stereocenters. The van der Waals surface area contributed by atoms with Crippen LogP contribution >= 0.6 is 12.4 Å². The first-order valence-electron chi connectivity index (χ1n) is 17.3. The number of sulfonamides is 1. The molecule has 0 saturated heterocycles. The van der Waals surface area contributed by atoms with E-state index in [1.807, 2.05) is 38.1 Å². The molecule has 0 radical (unpaired) electrons. The van der Waals surface area contributed by atoms with E-state index in [4.69, 9.17) is 14.1 Å². The third kappa shape index (κ3) is 8.54. The zero-order chi connectivity index (χ0) is 35.9. The lowest BCUT2D eigenvalue weighted by Gasteiger charge is -2.44. The average molecular weight is 747 g/mol. The first-order chi connectivity index (χ1) is 24.3. The summed E-state index contributed by atoms with van der Waals surface area (Å²) in [5.41, 5.74) is 5.51. The number of fused-ring (bicyclic) bond motifs is 1. The van der Waals surface area contributed by atoms with E-state index in [9.17, 15) is 18.3 Å². The summed E-state index contributed by atoms with van der Waals surface area (Å²) in [4.78, 5) is 29.7. The molecular weight excluding hydrogens is 704 g/mol. The summed E-state index contributed by atoms with van der Waals surface area (Å²) in [6.45, 7) is 9.23. The molecule has 2 aliphatic carbocycles. The van der Waals surface area contributed by atoms with Gasteiger partial charge in [-0.1, -0.05) is 38.1 Å². The number of furan rings is 1. The van der Waals surface area contributed by atoms with Gasteiger partial charge in [0, 0.05) is 36.2 Å². The third-order valence-electron chi connectivity index (χ3n) is 9.65. The quantitative estimate of drug-likeness (QED) is 0.103. The van der Waals surface area contributed by atoms with E-state index >= 15 is 0 Å². The molecule has 7 rings (SSSR count). The number of ether oxygens (including phenoxy) is 1. The molecule has 274 valence electrons. The molecule has 0 aliphatic heterocycles. The van der Waals surface area contributed by atoms with E-state index in [1.165, 1.54) is 18.2 Å². The van der Waals surface area contributed by atoms with E-state index in [0.29, 0.717) is 35.2 Å². The van der Waals surface area contributed by atoms with Gasteiger partial charge in [0.25, 0.3) is 10.0 Å². The lowest BCUT2D eigenvalue weighted by atomic mass is 9.63. The van der Waals surface area contributed by atoms with Crippen LogP contribution in [0.4, 0.5) is 5.95 Å². The van der Waals surface area contributed by atoms with Gasteiger partial charge < -0.3 is 19.6 Å². The number of carbonyl (C=O) groups is 1. The molecule has 3 N–H and O–H groups in total. The van der Waals surface area contributed by atoms with Gasteiger partial charge in [-0.15, -0.1) is 12.4 Å². The van der Waals surface area contributed by atoms with Gasteiger partial charge >= 0.3 is 5.97 Å². The van der Waals surface area contributed by atoms with E-state index < -0.39 is 16.0 Å².